The molecule has 356 valence electrons. The Bertz CT molecular complexity index is 1030. The van der Waals surface area contributed by atoms with Crippen LogP contribution >= 0.6 is 7.82 Å². The quantitative estimate of drug-likeness (QED) is 0.0195. The number of carbonyl (C=O) groups is 2. The van der Waals surface area contributed by atoms with Gasteiger partial charge >= 0.3 is 11.9 Å². The summed E-state index contributed by atoms with van der Waals surface area (Å²) in [7, 11) is 1.17. The van der Waals surface area contributed by atoms with Gasteiger partial charge < -0.3 is 27.9 Å². The zero-order valence-corrected chi connectivity index (χ0v) is 41.1. The average Bonchev–Trinajstić information content (AvgIpc) is 3.20. The summed E-state index contributed by atoms with van der Waals surface area (Å²) >= 11 is 0. The predicted octanol–water partition coefficient (Wildman–Crippen LogP) is 14.3. The molecule has 0 heterocycles. The minimum Gasteiger partial charge on any atom is -0.756 e. The van der Waals surface area contributed by atoms with Crippen LogP contribution in [0.5, 0.6) is 0 Å². The summed E-state index contributed by atoms with van der Waals surface area (Å²) in [5.74, 6) is -0.830. The molecule has 2 atom stereocenters. The first-order valence-corrected chi connectivity index (χ1v) is 26.9. The zero-order valence-electron chi connectivity index (χ0n) is 40.2. The number of quaternary nitrogens is 1. The van der Waals surface area contributed by atoms with Crippen molar-refractivity contribution < 1.29 is 42.1 Å². The van der Waals surface area contributed by atoms with E-state index in [9.17, 15) is 19.0 Å². The van der Waals surface area contributed by atoms with E-state index < -0.39 is 26.5 Å². The van der Waals surface area contributed by atoms with Gasteiger partial charge in [-0.05, 0) is 38.5 Å². The molecule has 0 N–H and O–H groups in total. The average molecular weight is 872 g/mol. The Kier molecular flexibility index (Phi) is 42.1. The van der Waals surface area contributed by atoms with Gasteiger partial charge in [0.1, 0.15) is 19.8 Å². The molecule has 10 heteroatoms. The molecule has 0 aromatic carbocycles. The van der Waals surface area contributed by atoms with Gasteiger partial charge in [-0.1, -0.05) is 206 Å². The maximum atomic E-state index is 12.7. The lowest BCUT2D eigenvalue weighted by molar-refractivity contribution is -0.870. The second-order valence-corrected chi connectivity index (χ2v) is 20.0. The third-order valence-corrected chi connectivity index (χ3v) is 12.2. The number of phosphoric acid groups is 1. The van der Waals surface area contributed by atoms with Crippen LogP contribution in [0.2, 0.25) is 0 Å². The van der Waals surface area contributed by atoms with E-state index in [-0.39, 0.29) is 32.0 Å². The van der Waals surface area contributed by atoms with Crippen LogP contribution in [0.4, 0.5) is 0 Å². The number of allylic oxidation sites excluding steroid dienone is 2. The number of unbranched alkanes of at least 4 members (excludes halogenated alkanes) is 31. The normalized spacial score (nSPS) is 13.5. The molecule has 0 saturated heterocycles. The van der Waals surface area contributed by atoms with Crippen molar-refractivity contribution in [3.63, 3.8) is 0 Å². The molecule has 0 aliphatic rings. The lowest BCUT2D eigenvalue weighted by Crippen LogP contribution is -2.37. The molecule has 0 amide bonds. The number of phosphoric ester groups is 1. The molecule has 0 rings (SSSR count). The maximum absolute atomic E-state index is 12.7. The first kappa shape index (κ1) is 58.8. The van der Waals surface area contributed by atoms with E-state index in [4.69, 9.17) is 18.5 Å². The van der Waals surface area contributed by atoms with Gasteiger partial charge in [-0.15, -0.1) is 0 Å². The Morgan fingerprint density at radius 2 is 0.850 bits per heavy atom. The Labute approximate surface area is 371 Å². The van der Waals surface area contributed by atoms with Crippen molar-refractivity contribution in [2.75, 3.05) is 47.5 Å². The predicted molar refractivity (Wildman–Crippen MR) is 250 cm³/mol. The Balaban J connectivity index is 4.22. The summed E-state index contributed by atoms with van der Waals surface area (Å²) in [6.45, 7) is 4.26. The van der Waals surface area contributed by atoms with E-state index >= 15 is 0 Å². The summed E-state index contributed by atoms with van der Waals surface area (Å²) in [5.41, 5.74) is 0. The van der Waals surface area contributed by atoms with Crippen LogP contribution in [0.15, 0.2) is 12.2 Å². The van der Waals surface area contributed by atoms with Crippen molar-refractivity contribution in [1.82, 2.24) is 0 Å². The Morgan fingerprint density at radius 1 is 0.500 bits per heavy atom. The van der Waals surface area contributed by atoms with E-state index in [1.54, 1.807) is 0 Å². The number of hydrogen-bond donors (Lipinski definition) is 0. The number of ether oxygens (including phenoxy) is 2. The molecular formula is C50H98NO8P. The van der Waals surface area contributed by atoms with Crippen molar-refractivity contribution in [3.8, 4) is 0 Å². The molecule has 60 heavy (non-hydrogen) atoms. The van der Waals surface area contributed by atoms with Gasteiger partial charge in [0.2, 0.25) is 0 Å². The fourth-order valence-corrected chi connectivity index (χ4v) is 8.03. The van der Waals surface area contributed by atoms with Gasteiger partial charge in [-0.25, -0.2) is 0 Å². The van der Waals surface area contributed by atoms with Crippen LogP contribution in [0.25, 0.3) is 0 Å². The van der Waals surface area contributed by atoms with Gasteiger partial charge in [0.05, 0.1) is 27.7 Å². The molecule has 0 saturated carbocycles. The molecule has 0 bridgehead atoms. The van der Waals surface area contributed by atoms with Gasteiger partial charge in [-0.2, -0.15) is 0 Å². The molecule has 0 radical (unpaired) electrons. The third-order valence-electron chi connectivity index (χ3n) is 11.3. The van der Waals surface area contributed by atoms with Crippen molar-refractivity contribution >= 4 is 19.8 Å². The van der Waals surface area contributed by atoms with Crippen molar-refractivity contribution in [2.24, 2.45) is 0 Å². The number of likely N-dealkylation sites (N-methyl/N-ethyl adjacent to an activating group) is 1. The first-order valence-electron chi connectivity index (χ1n) is 25.4. The Hall–Kier alpha value is -1.25. The van der Waals surface area contributed by atoms with Crippen molar-refractivity contribution in [3.05, 3.63) is 12.2 Å². The summed E-state index contributed by atoms with van der Waals surface area (Å²) in [6, 6.07) is 0. The van der Waals surface area contributed by atoms with E-state index in [1.807, 2.05) is 21.1 Å². The molecular weight excluding hydrogens is 774 g/mol. The van der Waals surface area contributed by atoms with Gasteiger partial charge in [0, 0.05) is 12.8 Å². The standard InChI is InChI=1S/C50H98NO8P/c1-6-8-10-12-14-16-18-20-22-23-24-25-26-27-29-31-33-35-37-39-41-43-50(53)59-48(47-58-60(54,55)57-45-44-51(3,4)5)46-56-49(52)42-40-38-36-34-32-30-28-21-19-17-15-13-11-9-7-2/h21,28,48H,6-20,22-27,29-47H2,1-5H3/b28-21+/t48-/m1/s1. The molecule has 0 aliphatic heterocycles. The minimum atomic E-state index is -4.62. The third kappa shape index (κ3) is 46.3. The smallest absolute Gasteiger partial charge is 0.306 e. The lowest BCUT2D eigenvalue weighted by atomic mass is 10.0. The number of nitrogens with zero attached hydrogens (tertiary/aromatic N) is 1. The fraction of sp³-hybridized carbons (Fsp3) is 0.920. The van der Waals surface area contributed by atoms with Crippen molar-refractivity contribution in [2.45, 2.75) is 251 Å². The second-order valence-electron chi connectivity index (χ2n) is 18.5. The molecule has 0 aromatic heterocycles. The van der Waals surface area contributed by atoms with Gasteiger partial charge in [0.25, 0.3) is 7.82 Å². The highest BCUT2D eigenvalue weighted by atomic mass is 31.2. The molecule has 0 aromatic rings. The number of esters is 2. The first-order chi connectivity index (χ1) is 29.0. The molecule has 9 nitrogen and oxygen atoms in total. The number of carbonyl (C=O) groups excluding carboxylic acids is 2. The van der Waals surface area contributed by atoms with E-state index in [2.05, 4.69) is 26.0 Å². The van der Waals surface area contributed by atoms with Crippen LogP contribution in [0.1, 0.15) is 245 Å². The van der Waals surface area contributed by atoms with Gasteiger partial charge in [0.15, 0.2) is 6.10 Å². The summed E-state index contributed by atoms with van der Waals surface area (Å²) < 4.78 is 34.0. The summed E-state index contributed by atoms with van der Waals surface area (Å²) in [5, 5.41) is 0. The maximum Gasteiger partial charge on any atom is 0.306 e. The molecule has 0 fully saturated rings. The summed E-state index contributed by atoms with van der Waals surface area (Å²) in [6.07, 6.45) is 46.7. The highest BCUT2D eigenvalue weighted by molar-refractivity contribution is 7.45. The van der Waals surface area contributed by atoms with Crippen LogP contribution in [-0.4, -0.2) is 70.0 Å². The van der Waals surface area contributed by atoms with Crippen LogP contribution in [0, 0.1) is 0 Å². The van der Waals surface area contributed by atoms with E-state index in [0.717, 1.165) is 51.4 Å². The van der Waals surface area contributed by atoms with E-state index in [1.165, 1.54) is 161 Å². The van der Waals surface area contributed by atoms with E-state index in [0.29, 0.717) is 17.4 Å². The number of rotatable bonds is 47. The highest BCUT2D eigenvalue weighted by Crippen LogP contribution is 2.38. The highest BCUT2D eigenvalue weighted by Gasteiger charge is 2.21. The van der Waals surface area contributed by atoms with Gasteiger partial charge in [-0.3, -0.25) is 14.2 Å². The lowest BCUT2D eigenvalue weighted by Gasteiger charge is -2.28. The molecule has 1 unspecified atom stereocenters. The Morgan fingerprint density at radius 3 is 1.23 bits per heavy atom. The molecule has 0 spiro atoms. The minimum absolute atomic E-state index is 0.0286. The van der Waals surface area contributed by atoms with Crippen molar-refractivity contribution in [1.29, 1.82) is 0 Å². The zero-order chi connectivity index (χ0) is 44.3. The van der Waals surface area contributed by atoms with Crippen LogP contribution < -0.4 is 4.89 Å². The second kappa shape index (κ2) is 43.0. The largest absolute Gasteiger partial charge is 0.756 e. The molecule has 0 aliphatic carbocycles. The number of hydrogen-bond acceptors (Lipinski definition) is 8. The summed E-state index contributed by atoms with van der Waals surface area (Å²) in [4.78, 5) is 37.7. The monoisotopic (exact) mass is 872 g/mol. The topological polar surface area (TPSA) is 111 Å². The SMILES string of the molecule is CCCCCCCC/C=C/CCCCCCCC(=O)OC[C@H](COP(=O)([O-])OCC[N+](C)(C)C)OC(=O)CCCCCCCCCCCCCCCCCCCCCCC. The van der Waals surface area contributed by atoms with Crippen LogP contribution in [-0.2, 0) is 32.7 Å². The fourth-order valence-electron chi connectivity index (χ4n) is 7.30. The van der Waals surface area contributed by atoms with Crippen LogP contribution in [0.3, 0.4) is 0 Å².